The highest BCUT2D eigenvalue weighted by Crippen LogP contribution is 2.10. The summed E-state index contributed by atoms with van der Waals surface area (Å²) in [6.07, 6.45) is 1.83. The lowest BCUT2D eigenvalue weighted by molar-refractivity contribution is 0.0593. The number of fused-ring (bicyclic) bond motifs is 1. The first-order valence-electron chi connectivity index (χ1n) is 3.97. The molecule has 2 aromatic heterocycles. The van der Waals surface area contributed by atoms with E-state index in [0.29, 0.717) is 5.69 Å². The minimum Gasteiger partial charge on any atom is -0.464 e. The molecule has 2 rings (SSSR count). The van der Waals surface area contributed by atoms with Gasteiger partial charge in [0.05, 0.1) is 7.11 Å². The third-order valence-corrected chi connectivity index (χ3v) is 1.96. The van der Waals surface area contributed by atoms with E-state index in [0.717, 1.165) is 5.52 Å². The van der Waals surface area contributed by atoms with Gasteiger partial charge in [0.2, 0.25) is 0 Å². The Kier molecular flexibility index (Phi) is 1.77. The summed E-state index contributed by atoms with van der Waals surface area (Å²) < 4.78 is 6.44. The van der Waals surface area contributed by atoms with Gasteiger partial charge in [0, 0.05) is 11.7 Å². The Morgan fingerprint density at radius 2 is 2.15 bits per heavy atom. The fraction of sp³-hybridized carbons (Fsp3) is 0.100. The Morgan fingerprint density at radius 1 is 1.31 bits per heavy atom. The number of carbonyl (C=O) groups is 1. The number of rotatable bonds is 1. The molecule has 0 unspecified atom stereocenters. The molecule has 66 valence electrons. The monoisotopic (exact) mass is 175 g/mol. The molecule has 0 aliphatic heterocycles. The summed E-state index contributed by atoms with van der Waals surface area (Å²) in [4.78, 5) is 11.2. The molecule has 0 spiro atoms. The van der Waals surface area contributed by atoms with Crippen molar-refractivity contribution in [2.75, 3.05) is 7.11 Å². The standard InChI is InChI=1S/C10H9NO2/c1-13-10(12)9-6-5-8-4-2-3-7-11(8)9/h2-7H,1H3. The van der Waals surface area contributed by atoms with Crippen LogP contribution in [0.4, 0.5) is 0 Å². The summed E-state index contributed by atoms with van der Waals surface area (Å²) in [5.41, 5.74) is 1.54. The highest BCUT2D eigenvalue weighted by atomic mass is 16.5. The molecule has 0 aliphatic carbocycles. The first kappa shape index (κ1) is 7.86. The number of hydrogen-bond acceptors (Lipinski definition) is 2. The van der Waals surface area contributed by atoms with Crippen LogP contribution in [0.1, 0.15) is 10.5 Å². The topological polar surface area (TPSA) is 30.7 Å². The zero-order valence-electron chi connectivity index (χ0n) is 7.23. The van der Waals surface area contributed by atoms with Crippen LogP contribution >= 0.6 is 0 Å². The molecular weight excluding hydrogens is 166 g/mol. The van der Waals surface area contributed by atoms with Gasteiger partial charge in [-0.05, 0) is 24.3 Å². The van der Waals surface area contributed by atoms with Gasteiger partial charge in [-0.15, -0.1) is 0 Å². The van der Waals surface area contributed by atoms with Gasteiger partial charge in [-0.3, -0.25) is 0 Å². The number of hydrogen-bond donors (Lipinski definition) is 0. The van der Waals surface area contributed by atoms with Crippen LogP contribution in [0, 0.1) is 0 Å². The molecular formula is C10H9NO2. The summed E-state index contributed by atoms with van der Waals surface area (Å²) in [5, 5.41) is 0. The smallest absolute Gasteiger partial charge is 0.355 e. The molecule has 0 saturated carbocycles. The molecule has 0 saturated heterocycles. The van der Waals surface area contributed by atoms with E-state index in [2.05, 4.69) is 4.74 Å². The van der Waals surface area contributed by atoms with Crippen LogP contribution in [0.25, 0.3) is 5.52 Å². The molecule has 0 aliphatic rings. The largest absolute Gasteiger partial charge is 0.464 e. The third kappa shape index (κ3) is 1.18. The third-order valence-electron chi connectivity index (χ3n) is 1.96. The Labute approximate surface area is 75.6 Å². The van der Waals surface area contributed by atoms with Crippen molar-refractivity contribution in [2.24, 2.45) is 0 Å². The predicted molar refractivity (Wildman–Crippen MR) is 48.7 cm³/mol. The Balaban J connectivity index is 2.64. The van der Waals surface area contributed by atoms with E-state index in [1.165, 1.54) is 7.11 Å². The maximum absolute atomic E-state index is 11.2. The van der Waals surface area contributed by atoms with Gasteiger partial charge in [-0.25, -0.2) is 4.79 Å². The number of pyridine rings is 1. The summed E-state index contributed by atoms with van der Waals surface area (Å²) in [5.74, 6) is -0.314. The highest BCUT2D eigenvalue weighted by molar-refractivity contribution is 5.89. The van der Waals surface area contributed by atoms with Crippen molar-refractivity contribution in [1.29, 1.82) is 0 Å². The van der Waals surface area contributed by atoms with Crippen molar-refractivity contribution in [3.63, 3.8) is 0 Å². The van der Waals surface area contributed by atoms with E-state index >= 15 is 0 Å². The van der Waals surface area contributed by atoms with Crippen molar-refractivity contribution in [1.82, 2.24) is 4.40 Å². The van der Waals surface area contributed by atoms with E-state index in [1.54, 1.807) is 10.5 Å². The maximum atomic E-state index is 11.2. The number of nitrogens with zero attached hydrogens (tertiary/aromatic N) is 1. The molecule has 0 radical (unpaired) electrons. The second-order valence-corrected chi connectivity index (χ2v) is 2.71. The normalized spacial score (nSPS) is 10.2. The Bertz CT molecular complexity index is 445. The van der Waals surface area contributed by atoms with Gasteiger partial charge < -0.3 is 9.14 Å². The van der Waals surface area contributed by atoms with Crippen LogP contribution in [-0.2, 0) is 4.74 Å². The molecule has 3 nitrogen and oxygen atoms in total. The van der Waals surface area contributed by atoms with Crippen LogP contribution in [-0.4, -0.2) is 17.5 Å². The van der Waals surface area contributed by atoms with E-state index in [9.17, 15) is 4.79 Å². The molecule has 2 heterocycles. The molecule has 0 fully saturated rings. The van der Waals surface area contributed by atoms with Crippen molar-refractivity contribution in [3.8, 4) is 0 Å². The lowest BCUT2D eigenvalue weighted by atomic mass is 10.4. The van der Waals surface area contributed by atoms with Gasteiger partial charge in [0.1, 0.15) is 5.69 Å². The predicted octanol–water partition coefficient (Wildman–Crippen LogP) is 1.73. The molecule has 13 heavy (non-hydrogen) atoms. The summed E-state index contributed by atoms with van der Waals surface area (Å²) in [7, 11) is 1.38. The SMILES string of the molecule is COC(=O)c1ccc2ccccn12. The van der Waals surface area contributed by atoms with Gasteiger partial charge in [0.15, 0.2) is 0 Å². The van der Waals surface area contributed by atoms with E-state index in [1.807, 2.05) is 30.5 Å². The van der Waals surface area contributed by atoms with Crippen LogP contribution in [0.2, 0.25) is 0 Å². The zero-order valence-corrected chi connectivity index (χ0v) is 7.23. The summed E-state index contributed by atoms with van der Waals surface area (Å²) >= 11 is 0. The number of carbonyl (C=O) groups excluding carboxylic acids is 1. The van der Waals surface area contributed by atoms with Crippen LogP contribution in [0.5, 0.6) is 0 Å². The fourth-order valence-electron chi connectivity index (χ4n) is 1.33. The average molecular weight is 175 g/mol. The lowest BCUT2D eigenvalue weighted by Crippen LogP contribution is -2.04. The van der Waals surface area contributed by atoms with Crippen LogP contribution in [0.15, 0.2) is 36.5 Å². The van der Waals surface area contributed by atoms with Gasteiger partial charge >= 0.3 is 5.97 Å². The van der Waals surface area contributed by atoms with E-state index < -0.39 is 0 Å². The number of aromatic nitrogens is 1. The first-order chi connectivity index (χ1) is 6.33. The van der Waals surface area contributed by atoms with Crippen LogP contribution < -0.4 is 0 Å². The quantitative estimate of drug-likeness (QED) is 0.618. The van der Waals surface area contributed by atoms with Gasteiger partial charge in [-0.2, -0.15) is 0 Å². The minimum absolute atomic E-state index is 0.314. The highest BCUT2D eigenvalue weighted by Gasteiger charge is 2.09. The molecule has 0 bridgehead atoms. The first-order valence-corrected chi connectivity index (χ1v) is 3.97. The summed E-state index contributed by atoms with van der Waals surface area (Å²) in [6.45, 7) is 0. The van der Waals surface area contributed by atoms with E-state index in [4.69, 9.17) is 0 Å². The van der Waals surface area contributed by atoms with Gasteiger partial charge in [-0.1, -0.05) is 6.07 Å². The second kappa shape index (κ2) is 2.94. The number of ether oxygens (including phenoxy) is 1. The van der Waals surface area contributed by atoms with Crippen molar-refractivity contribution in [3.05, 3.63) is 42.2 Å². The number of methoxy groups -OCH3 is 1. The molecule has 0 atom stereocenters. The molecule has 0 amide bonds. The van der Waals surface area contributed by atoms with Crippen LogP contribution in [0.3, 0.4) is 0 Å². The van der Waals surface area contributed by atoms with Gasteiger partial charge in [0.25, 0.3) is 0 Å². The Morgan fingerprint density at radius 3 is 2.92 bits per heavy atom. The lowest BCUT2D eigenvalue weighted by Gasteiger charge is -1.99. The molecule has 2 aromatic rings. The molecule has 0 N–H and O–H groups in total. The average Bonchev–Trinajstić information content (AvgIpc) is 2.60. The summed E-state index contributed by atoms with van der Waals surface area (Å²) in [6, 6.07) is 9.37. The zero-order chi connectivity index (χ0) is 9.26. The second-order valence-electron chi connectivity index (χ2n) is 2.71. The molecule has 0 aromatic carbocycles. The minimum atomic E-state index is -0.314. The number of esters is 1. The Hall–Kier alpha value is -1.77. The molecule has 3 heteroatoms. The van der Waals surface area contributed by atoms with Crippen molar-refractivity contribution >= 4 is 11.5 Å². The fourth-order valence-corrected chi connectivity index (χ4v) is 1.33. The van der Waals surface area contributed by atoms with Crippen molar-refractivity contribution < 1.29 is 9.53 Å². The maximum Gasteiger partial charge on any atom is 0.355 e. The van der Waals surface area contributed by atoms with E-state index in [-0.39, 0.29) is 5.97 Å². The van der Waals surface area contributed by atoms with Crippen molar-refractivity contribution in [2.45, 2.75) is 0 Å².